The second-order valence-corrected chi connectivity index (χ2v) is 4.85. The van der Waals surface area contributed by atoms with Crippen molar-refractivity contribution in [3.8, 4) is 0 Å². The number of nitrogens with zero attached hydrogens (tertiary/aromatic N) is 2. The van der Waals surface area contributed by atoms with Gasteiger partial charge in [0.05, 0.1) is 12.2 Å². The molecule has 0 bridgehead atoms. The molecule has 0 unspecified atom stereocenters. The SMILES string of the molecule is NC1(c2cnn(C3CCNCC3)c2)CC1. The summed E-state index contributed by atoms with van der Waals surface area (Å²) in [6, 6.07) is 0.572. The maximum absolute atomic E-state index is 6.15. The Morgan fingerprint density at radius 2 is 2.13 bits per heavy atom. The first kappa shape index (κ1) is 9.36. The molecular weight excluding hydrogens is 188 g/mol. The van der Waals surface area contributed by atoms with Crippen molar-refractivity contribution < 1.29 is 0 Å². The van der Waals surface area contributed by atoms with Crippen LogP contribution in [-0.4, -0.2) is 22.9 Å². The molecule has 1 aliphatic carbocycles. The van der Waals surface area contributed by atoms with Crippen molar-refractivity contribution >= 4 is 0 Å². The zero-order valence-corrected chi connectivity index (χ0v) is 8.95. The van der Waals surface area contributed by atoms with E-state index in [4.69, 9.17) is 5.73 Å². The molecule has 82 valence electrons. The number of hydrogen-bond acceptors (Lipinski definition) is 3. The van der Waals surface area contributed by atoms with Crippen molar-refractivity contribution in [1.29, 1.82) is 0 Å². The average Bonchev–Trinajstić information content (AvgIpc) is 2.85. The Balaban J connectivity index is 1.77. The van der Waals surface area contributed by atoms with Crippen LogP contribution in [0, 0.1) is 0 Å². The summed E-state index contributed by atoms with van der Waals surface area (Å²) in [6.45, 7) is 2.21. The van der Waals surface area contributed by atoms with Gasteiger partial charge in [-0.3, -0.25) is 4.68 Å². The van der Waals surface area contributed by atoms with Crippen LogP contribution >= 0.6 is 0 Å². The fourth-order valence-corrected chi connectivity index (χ4v) is 2.29. The number of piperidine rings is 1. The normalized spacial score (nSPS) is 25.4. The standard InChI is InChI=1S/C11H18N4/c12-11(3-4-11)9-7-14-15(8-9)10-1-5-13-6-2-10/h7-8,10,13H,1-6,12H2. The van der Waals surface area contributed by atoms with Crippen LogP contribution in [0.2, 0.25) is 0 Å². The summed E-state index contributed by atoms with van der Waals surface area (Å²) in [4.78, 5) is 0. The molecule has 1 saturated heterocycles. The highest BCUT2D eigenvalue weighted by molar-refractivity contribution is 5.24. The predicted molar refractivity (Wildman–Crippen MR) is 58.5 cm³/mol. The van der Waals surface area contributed by atoms with E-state index in [0.29, 0.717) is 6.04 Å². The summed E-state index contributed by atoms with van der Waals surface area (Å²) in [5.41, 5.74) is 7.33. The lowest BCUT2D eigenvalue weighted by molar-refractivity contribution is 0.343. The van der Waals surface area contributed by atoms with Gasteiger partial charge in [-0.1, -0.05) is 0 Å². The summed E-state index contributed by atoms with van der Waals surface area (Å²) in [6.07, 6.45) is 8.70. The minimum atomic E-state index is -0.0365. The fourth-order valence-electron chi connectivity index (χ4n) is 2.29. The third-order valence-corrected chi connectivity index (χ3v) is 3.65. The molecule has 1 aromatic rings. The Morgan fingerprint density at radius 3 is 2.80 bits per heavy atom. The maximum Gasteiger partial charge on any atom is 0.0543 e. The maximum atomic E-state index is 6.15. The largest absolute Gasteiger partial charge is 0.321 e. The zero-order valence-electron chi connectivity index (χ0n) is 8.95. The van der Waals surface area contributed by atoms with Crippen LogP contribution in [0.15, 0.2) is 12.4 Å². The molecule has 4 nitrogen and oxygen atoms in total. The van der Waals surface area contributed by atoms with Gasteiger partial charge in [0, 0.05) is 17.3 Å². The molecule has 0 spiro atoms. The van der Waals surface area contributed by atoms with Gasteiger partial charge in [0.1, 0.15) is 0 Å². The molecule has 0 atom stereocenters. The van der Waals surface area contributed by atoms with Crippen LogP contribution in [0.1, 0.15) is 37.3 Å². The molecule has 3 rings (SSSR count). The highest BCUT2D eigenvalue weighted by atomic mass is 15.3. The molecule has 0 radical (unpaired) electrons. The van der Waals surface area contributed by atoms with Crippen LogP contribution in [-0.2, 0) is 5.54 Å². The van der Waals surface area contributed by atoms with Crippen molar-refractivity contribution in [1.82, 2.24) is 15.1 Å². The average molecular weight is 206 g/mol. The van der Waals surface area contributed by atoms with E-state index in [1.54, 1.807) is 0 Å². The zero-order chi connectivity index (χ0) is 10.3. The summed E-state index contributed by atoms with van der Waals surface area (Å²) in [5.74, 6) is 0. The van der Waals surface area contributed by atoms with Crippen molar-refractivity contribution in [3.05, 3.63) is 18.0 Å². The van der Waals surface area contributed by atoms with E-state index >= 15 is 0 Å². The Kier molecular flexibility index (Phi) is 2.07. The summed E-state index contributed by atoms with van der Waals surface area (Å²) < 4.78 is 2.11. The topological polar surface area (TPSA) is 55.9 Å². The number of nitrogens with two attached hydrogens (primary N) is 1. The second kappa shape index (κ2) is 3.32. The Labute approximate surface area is 89.8 Å². The molecule has 1 saturated carbocycles. The first-order valence-corrected chi connectivity index (χ1v) is 5.82. The molecule has 1 aromatic heterocycles. The molecule has 2 heterocycles. The molecule has 0 aromatic carbocycles. The number of nitrogens with one attached hydrogen (secondary N) is 1. The first-order valence-electron chi connectivity index (χ1n) is 5.82. The third-order valence-electron chi connectivity index (χ3n) is 3.65. The number of rotatable bonds is 2. The number of hydrogen-bond donors (Lipinski definition) is 2. The molecule has 3 N–H and O–H groups in total. The van der Waals surface area contributed by atoms with Crippen molar-refractivity contribution in [2.45, 2.75) is 37.3 Å². The van der Waals surface area contributed by atoms with Crippen molar-refractivity contribution in [3.63, 3.8) is 0 Å². The minimum absolute atomic E-state index is 0.0365. The summed E-state index contributed by atoms with van der Waals surface area (Å²) in [5, 5.41) is 7.82. The van der Waals surface area contributed by atoms with E-state index in [2.05, 4.69) is 21.3 Å². The van der Waals surface area contributed by atoms with Gasteiger partial charge in [-0.2, -0.15) is 5.10 Å². The van der Waals surface area contributed by atoms with Gasteiger partial charge in [-0.25, -0.2) is 0 Å². The Bertz CT molecular complexity index is 347. The molecule has 15 heavy (non-hydrogen) atoms. The Hall–Kier alpha value is -0.870. The number of aromatic nitrogens is 2. The third kappa shape index (κ3) is 1.68. The van der Waals surface area contributed by atoms with Crippen LogP contribution in [0.3, 0.4) is 0 Å². The lowest BCUT2D eigenvalue weighted by Gasteiger charge is -2.22. The monoisotopic (exact) mass is 206 g/mol. The summed E-state index contributed by atoms with van der Waals surface area (Å²) >= 11 is 0. The highest BCUT2D eigenvalue weighted by Gasteiger charge is 2.41. The van der Waals surface area contributed by atoms with E-state index in [9.17, 15) is 0 Å². The minimum Gasteiger partial charge on any atom is -0.321 e. The summed E-state index contributed by atoms with van der Waals surface area (Å²) in [7, 11) is 0. The fraction of sp³-hybridized carbons (Fsp3) is 0.727. The van der Waals surface area contributed by atoms with E-state index in [1.165, 1.54) is 18.4 Å². The lowest BCUT2D eigenvalue weighted by Crippen LogP contribution is -2.29. The smallest absolute Gasteiger partial charge is 0.0543 e. The van der Waals surface area contributed by atoms with Crippen molar-refractivity contribution in [2.75, 3.05) is 13.1 Å². The van der Waals surface area contributed by atoms with Gasteiger partial charge in [-0.05, 0) is 38.8 Å². The highest BCUT2D eigenvalue weighted by Crippen LogP contribution is 2.42. The van der Waals surface area contributed by atoms with Crippen LogP contribution < -0.4 is 11.1 Å². The quantitative estimate of drug-likeness (QED) is 0.751. The van der Waals surface area contributed by atoms with Gasteiger partial charge < -0.3 is 11.1 Å². The van der Waals surface area contributed by atoms with E-state index < -0.39 is 0 Å². The van der Waals surface area contributed by atoms with Gasteiger partial charge in [0.25, 0.3) is 0 Å². The van der Waals surface area contributed by atoms with Gasteiger partial charge in [0.15, 0.2) is 0 Å². The van der Waals surface area contributed by atoms with Gasteiger partial charge >= 0.3 is 0 Å². The van der Waals surface area contributed by atoms with Crippen LogP contribution in [0.5, 0.6) is 0 Å². The molecule has 1 aliphatic heterocycles. The lowest BCUT2D eigenvalue weighted by atomic mass is 10.1. The molecule has 2 aliphatic rings. The van der Waals surface area contributed by atoms with Crippen molar-refractivity contribution in [2.24, 2.45) is 5.73 Å². The molecular formula is C11H18N4. The van der Waals surface area contributed by atoms with Gasteiger partial charge in [-0.15, -0.1) is 0 Å². The molecule has 0 amide bonds. The van der Waals surface area contributed by atoms with E-state index in [-0.39, 0.29) is 5.54 Å². The second-order valence-electron chi connectivity index (χ2n) is 4.85. The Morgan fingerprint density at radius 1 is 1.40 bits per heavy atom. The van der Waals surface area contributed by atoms with E-state index in [0.717, 1.165) is 25.9 Å². The first-order chi connectivity index (χ1) is 7.28. The molecule has 2 fully saturated rings. The van der Waals surface area contributed by atoms with Crippen LogP contribution in [0.25, 0.3) is 0 Å². The van der Waals surface area contributed by atoms with E-state index in [1.807, 2.05) is 6.20 Å². The van der Waals surface area contributed by atoms with Crippen LogP contribution in [0.4, 0.5) is 0 Å². The molecule has 4 heteroatoms. The van der Waals surface area contributed by atoms with Gasteiger partial charge in [0.2, 0.25) is 0 Å². The predicted octanol–water partition coefficient (Wildman–Crippen LogP) is 0.755.